The number of aliphatic hydroxyl groups excluding tert-OH is 1. The second-order valence-corrected chi connectivity index (χ2v) is 14.9. The molecule has 7 nitrogen and oxygen atoms in total. The van der Waals surface area contributed by atoms with Crippen molar-refractivity contribution in [3.05, 3.63) is 89.5 Å². The Kier molecular flexibility index (Phi) is 7.56. The average molecular weight is 563 g/mol. The van der Waals surface area contributed by atoms with E-state index in [4.69, 9.17) is 9.47 Å². The van der Waals surface area contributed by atoms with Crippen molar-refractivity contribution in [1.29, 1.82) is 0 Å². The van der Waals surface area contributed by atoms with Crippen molar-refractivity contribution in [2.45, 2.75) is 50.2 Å². The molecule has 4 atom stereocenters. The van der Waals surface area contributed by atoms with E-state index in [9.17, 15) is 14.7 Å². The van der Waals surface area contributed by atoms with Crippen LogP contribution in [0.3, 0.4) is 0 Å². The summed E-state index contributed by atoms with van der Waals surface area (Å²) in [5.74, 6) is -0.296. The molecule has 40 heavy (non-hydrogen) atoms. The maximum Gasteiger partial charge on any atom is 0.264 e. The van der Waals surface area contributed by atoms with Crippen molar-refractivity contribution in [3.63, 3.8) is 0 Å². The first-order valence-electron chi connectivity index (χ1n) is 13.5. The fourth-order valence-corrected chi connectivity index (χ4v) is 8.92. The summed E-state index contributed by atoms with van der Waals surface area (Å²) in [6, 6.07) is 21.8. The molecule has 2 heterocycles. The number of nitrogens with one attached hydrogen (secondary N) is 1. The minimum atomic E-state index is -3.27. The van der Waals surface area contributed by atoms with Crippen LogP contribution in [-0.4, -0.2) is 45.1 Å². The Morgan fingerprint density at radius 1 is 1.12 bits per heavy atom. The fraction of sp³-hybridized carbons (Fsp3) is 0.355. The third-order valence-corrected chi connectivity index (χ3v) is 10.6. The fourth-order valence-electron chi connectivity index (χ4n) is 6.38. The zero-order chi connectivity index (χ0) is 28.7. The third kappa shape index (κ3) is 4.82. The lowest BCUT2D eigenvalue weighted by atomic mass is 9.82. The van der Waals surface area contributed by atoms with Crippen molar-refractivity contribution in [3.8, 4) is 5.75 Å². The second kappa shape index (κ2) is 10.8. The molecule has 0 unspecified atom stereocenters. The smallest absolute Gasteiger partial charge is 0.264 e. The number of nitrogens with zero attached hydrogens (tertiary/aromatic N) is 1. The van der Waals surface area contributed by atoms with Crippen LogP contribution in [0, 0.1) is 5.92 Å². The van der Waals surface area contributed by atoms with Crippen LogP contribution in [0.2, 0.25) is 18.6 Å². The average Bonchev–Trinajstić information content (AvgIpc) is 3.36. The molecule has 1 saturated heterocycles. The molecule has 3 aromatic carbocycles. The van der Waals surface area contributed by atoms with Gasteiger partial charge in [0.1, 0.15) is 5.75 Å². The molecule has 3 aromatic rings. The number of methoxy groups -OCH3 is 1. The van der Waals surface area contributed by atoms with E-state index >= 15 is 4.11 Å². The standard InChI is InChI=1S/C31H35FN2O5Si/c1-20-28(40(3,4)32)27(16-17-35)39-31(20)25-18-24(38-2)14-15-26(25)34(30(31)37)19-21-10-12-23(13-11-21)33-29(36)22-8-6-5-7-9-22/h5-15,18,20,27-28,35H,16-17,19H2,1-4H3,(H,33,36)/t20-,27+,28-,31+/m0/s1. The normalized spacial score (nSPS) is 23.9. The molecule has 1 spiro atoms. The molecule has 2 aliphatic rings. The lowest BCUT2D eigenvalue weighted by Gasteiger charge is -2.31. The van der Waals surface area contributed by atoms with Crippen LogP contribution in [0.1, 0.15) is 34.8 Å². The van der Waals surface area contributed by atoms with Crippen LogP contribution in [-0.2, 0) is 21.7 Å². The SMILES string of the molecule is COc1ccc2c(c1)[C@@]1(O[C@H](CCO)[C@@H]([Si](C)(C)F)[C@@H]1C)C(=O)N2Cc1ccc(NC(=O)c2ccccc2)cc1. The minimum absolute atomic E-state index is 0.148. The Balaban J connectivity index is 1.45. The lowest BCUT2D eigenvalue weighted by molar-refractivity contribution is -0.146. The van der Waals surface area contributed by atoms with Crippen LogP contribution >= 0.6 is 0 Å². The quantitative estimate of drug-likeness (QED) is 0.274. The number of ether oxygens (including phenoxy) is 2. The molecule has 210 valence electrons. The summed E-state index contributed by atoms with van der Waals surface area (Å²) in [4.78, 5) is 28.5. The number of benzene rings is 3. The topological polar surface area (TPSA) is 88.1 Å². The molecule has 9 heteroatoms. The first-order chi connectivity index (χ1) is 19.1. The molecule has 2 aliphatic heterocycles. The zero-order valence-corrected chi connectivity index (χ0v) is 24.2. The number of carbonyl (C=O) groups is 2. The number of hydrogen-bond acceptors (Lipinski definition) is 5. The van der Waals surface area contributed by atoms with Crippen molar-refractivity contribution in [2.75, 3.05) is 23.9 Å². The number of halogens is 1. The zero-order valence-electron chi connectivity index (χ0n) is 23.2. The summed E-state index contributed by atoms with van der Waals surface area (Å²) in [6.45, 7) is 5.30. The molecule has 5 rings (SSSR count). The van der Waals surface area contributed by atoms with Gasteiger partial charge in [-0.3, -0.25) is 9.59 Å². The van der Waals surface area contributed by atoms with E-state index in [1.54, 1.807) is 55.4 Å². The van der Waals surface area contributed by atoms with Crippen molar-refractivity contribution in [1.82, 2.24) is 0 Å². The van der Waals surface area contributed by atoms with Gasteiger partial charge in [-0.25, -0.2) is 0 Å². The first kappa shape index (κ1) is 28.0. The Morgan fingerprint density at radius 3 is 2.45 bits per heavy atom. The molecule has 0 saturated carbocycles. The van der Waals surface area contributed by atoms with Gasteiger partial charge >= 0.3 is 0 Å². The van der Waals surface area contributed by atoms with Gasteiger partial charge in [-0.15, -0.1) is 0 Å². The predicted octanol–water partition coefficient (Wildman–Crippen LogP) is 5.65. The van der Waals surface area contributed by atoms with Crippen molar-refractivity contribution in [2.24, 2.45) is 5.92 Å². The molecular weight excluding hydrogens is 527 g/mol. The van der Waals surface area contributed by atoms with Gasteiger partial charge in [0.15, 0.2) is 5.60 Å². The second-order valence-electron chi connectivity index (χ2n) is 11.1. The van der Waals surface area contributed by atoms with E-state index in [1.807, 2.05) is 49.4 Å². The Bertz CT molecular complexity index is 1400. The summed E-state index contributed by atoms with van der Waals surface area (Å²) in [6.07, 6.45) is -0.304. The van der Waals surface area contributed by atoms with E-state index in [2.05, 4.69) is 5.32 Å². The van der Waals surface area contributed by atoms with E-state index in [0.29, 0.717) is 28.3 Å². The molecule has 0 aromatic heterocycles. The van der Waals surface area contributed by atoms with Crippen molar-refractivity contribution >= 4 is 31.6 Å². The maximum atomic E-state index is 15.7. The Hall–Kier alpha value is -3.53. The van der Waals surface area contributed by atoms with E-state index in [0.717, 1.165) is 5.56 Å². The van der Waals surface area contributed by atoms with Crippen LogP contribution in [0.25, 0.3) is 0 Å². The highest BCUT2D eigenvalue weighted by Gasteiger charge is 2.66. The van der Waals surface area contributed by atoms with Gasteiger partial charge in [-0.1, -0.05) is 37.3 Å². The first-order valence-corrected chi connectivity index (χ1v) is 16.5. The molecule has 0 aliphatic carbocycles. The number of fused-ring (bicyclic) bond motifs is 2. The van der Waals surface area contributed by atoms with E-state index < -0.39 is 31.6 Å². The predicted molar refractivity (Wildman–Crippen MR) is 155 cm³/mol. The number of rotatable bonds is 8. The van der Waals surface area contributed by atoms with Gasteiger partial charge in [0.25, 0.3) is 11.8 Å². The van der Waals surface area contributed by atoms with Crippen LogP contribution in [0.4, 0.5) is 15.5 Å². The van der Waals surface area contributed by atoms with E-state index in [-0.39, 0.29) is 31.4 Å². The third-order valence-electron chi connectivity index (χ3n) is 8.17. The summed E-state index contributed by atoms with van der Waals surface area (Å²) in [7, 11) is -1.70. The molecule has 2 N–H and O–H groups in total. The Morgan fingerprint density at radius 2 is 1.82 bits per heavy atom. The van der Waals surface area contributed by atoms with Gasteiger partial charge < -0.3 is 28.9 Å². The number of aliphatic hydroxyl groups is 1. The number of amides is 2. The summed E-state index contributed by atoms with van der Waals surface area (Å²) in [5.41, 5.74) is 1.60. The van der Waals surface area contributed by atoms with Gasteiger partial charge in [-0.2, -0.15) is 0 Å². The Labute approximate surface area is 235 Å². The van der Waals surface area contributed by atoms with Crippen LogP contribution < -0.4 is 15.0 Å². The van der Waals surface area contributed by atoms with Gasteiger partial charge in [-0.05, 0) is 67.5 Å². The minimum Gasteiger partial charge on any atom is -0.497 e. The summed E-state index contributed by atoms with van der Waals surface area (Å²) < 4.78 is 27.7. The molecule has 1 fully saturated rings. The molecule has 0 bridgehead atoms. The largest absolute Gasteiger partial charge is 0.497 e. The van der Waals surface area contributed by atoms with Crippen LogP contribution in [0.15, 0.2) is 72.8 Å². The van der Waals surface area contributed by atoms with Crippen molar-refractivity contribution < 1.29 is 28.3 Å². The monoisotopic (exact) mass is 562 g/mol. The number of hydrogen-bond donors (Lipinski definition) is 2. The van der Waals surface area contributed by atoms with Gasteiger partial charge in [0.2, 0.25) is 8.41 Å². The van der Waals surface area contributed by atoms with Crippen LogP contribution in [0.5, 0.6) is 5.75 Å². The number of carbonyl (C=O) groups excluding carboxylic acids is 2. The summed E-state index contributed by atoms with van der Waals surface area (Å²) >= 11 is 0. The molecule has 2 amide bonds. The summed E-state index contributed by atoms with van der Waals surface area (Å²) in [5, 5.41) is 12.6. The maximum absolute atomic E-state index is 15.7. The number of anilines is 2. The lowest BCUT2D eigenvalue weighted by Crippen LogP contribution is -2.45. The molecule has 0 radical (unpaired) electrons. The van der Waals surface area contributed by atoms with Gasteiger partial charge in [0.05, 0.1) is 25.4 Å². The molecular formula is C31H35FN2O5Si. The van der Waals surface area contributed by atoms with Gasteiger partial charge in [0, 0.05) is 34.9 Å². The highest BCUT2D eigenvalue weighted by atomic mass is 28.4. The van der Waals surface area contributed by atoms with E-state index in [1.165, 1.54) is 0 Å². The highest BCUT2D eigenvalue weighted by molar-refractivity contribution is 6.72. The highest BCUT2D eigenvalue weighted by Crippen LogP contribution is 2.60.